The van der Waals surface area contributed by atoms with Gasteiger partial charge in [0.1, 0.15) is 0 Å². The molecule has 1 aromatic carbocycles. The number of methoxy groups -OCH3 is 1. The van der Waals surface area contributed by atoms with Gasteiger partial charge in [0.25, 0.3) is 0 Å². The van der Waals surface area contributed by atoms with Crippen molar-refractivity contribution in [2.45, 2.75) is 26.2 Å². The fraction of sp³-hybridized carbons (Fsp3) is 0.556. The predicted octanol–water partition coefficient (Wildman–Crippen LogP) is 2.81. The van der Waals surface area contributed by atoms with Crippen LogP contribution >= 0.6 is 0 Å². The number of ether oxygens (including phenoxy) is 2. The molecule has 3 rings (SSSR count). The lowest BCUT2D eigenvalue weighted by Crippen LogP contribution is -2.38. The van der Waals surface area contributed by atoms with Crippen LogP contribution in [0.1, 0.15) is 26.2 Å². The van der Waals surface area contributed by atoms with Crippen molar-refractivity contribution in [1.82, 2.24) is 4.90 Å². The maximum absolute atomic E-state index is 12.6. The Kier molecular flexibility index (Phi) is 4.74. The van der Waals surface area contributed by atoms with Gasteiger partial charge in [-0.3, -0.25) is 4.79 Å². The zero-order chi connectivity index (χ0) is 18.0. The van der Waals surface area contributed by atoms with Crippen LogP contribution in [0.4, 0.5) is 10.5 Å². The second-order valence-corrected chi connectivity index (χ2v) is 6.66. The van der Waals surface area contributed by atoms with E-state index in [-0.39, 0.29) is 18.5 Å². The summed E-state index contributed by atoms with van der Waals surface area (Å²) in [5, 5.41) is 12.5. The predicted molar refractivity (Wildman–Crippen MR) is 92.2 cm³/mol. The number of amides is 2. The summed E-state index contributed by atoms with van der Waals surface area (Å²) in [5.41, 5.74) is -0.177. The molecule has 2 N–H and O–H groups in total. The molecule has 0 spiro atoms. The molecule has 2 fully saturated rings. The van der Waals surface area contributed by atoms with Gasteiger partial charge in [-0.2, -0.15) is 0 Å². The van der Waals surface area contributed by atoms with Crippen LogP contribution in [0.15, 0.2) is 18.2 Å². The number of hydrogen-bond donors (Lipinski definition) is 2. The van der Waals surface area contributed by atoms with Crippen LogP contribution in [-0.2, 0) is 4.79 Å². The van der Waals surface area contributed by atoms with Crippen LogP contribution in [0, 0.1) is 11.3 Å². The number of hydrogen-bond acceptors (Lipinski definition) is 4. The summed E-state index contributed by atoms with van der Waals surface area (Å²) in [5.74, 6) is 0.419. The average molecular weight is 348 g/mol. The van der Waals surface area contributed by atoms with Crippen molar-refractivity contribution < 1.29 is 24.2 Å². The summed E-state index contributed by atoms with van der Waals surface area (Å²) < 4.78 is 10.8. The summed E-state index contributed by atoms with van der Waals surface area (Å²) in [4.78, 5) is 25.9. The molecule has 0 aromatic heterocycles. The Morgan fingerprint density at radius 2 is 2.20 bits per heavy atom. The number of carbonyl (C=O) groups excluding carboxylic acids is 1. The third kappa shape index (κ3) is 3.10. The van der Waals surface area contributed by atoms with Crippen molar-refractivity contribution in [3.05, 3.63) is 18.2 Å². The number of carbonyl (C=O) groups is 2. The summed E-state index contributed by atoms with van der Waals surface area (Å²) >= 11 is 0. The summed E-state index contributed by atoms with van der Waals surface area (Å²) in [6, 6.07) is 4.91. The molecular weight excluding hydrogens is 324 g/mol. The largest absolute Gasteiger partial charge is 0.493 e. The Bertz CT molecular complexity index is 677. The lowest BCUT2D eigenvalue weighted by Gasteiger charge is -2.23. The molecule has 0 unspecified atom stereocenters. The van der Waals surface area contributed by atoms with Crippen molar-refractivity contribution in [3.8, 4) is 11.5 Å². The van der Waals surface area contributed by atoms with E-state index in [1.165, 1.54) is 0 Å². The number of nitrogens with one attached hydrogen (secondary N) is 1. The molecule has 1 aliphatic heterocycles. The molecule has 7 nitrogen and oxygen atoms in total. The van der Waals surface area contributed by atoms with Crippen molar-refractivity contribution in [2.24, 2.45) is 11.3 Å². The summed E-state index contributed by atoms with van der Waals surface area (Å²) in [6.07, 6.45) is 2.43. The van der Waals surface area contributed by atoms with Gasteiger partial charge in [-0.15, -0.1) is 0 Å². The van der Waals surface area contributed by atoms with E-state index < -0.39 is 11.4 Å². The van der Waals surface area contributed by atoms with Crippen LogP contribution in [0.3, 0.4) is 0 Å². The maximum atomic E-state index is 12.6. The van der Waals surface area contributed by atoms with Crippen LogP contribution in [-0.4, -0.2) is 48.8 Å². The van der Waals surface area contributed by atoms with E-state index in [1.54, 1.807) is 30.2 Å². The minimum absolute atomic E-state index is 0.0469. The first-order valence-corrected chi connectivity index (χ1v) is 8.60. The van der Waals surface area contributed by atoms with E-state index >= 15 is 0 Å². The number of carboxylic acids is 1. The second-order valence-electron chi connectivity index (χ2n) is 6.66. The number of rotatable bonds is 5. The average Bonchev–Trinajstić information content (AvgIpc) is 3.14. The number of likely N-dealkylation sites (tertiary alicyclic amines) is 1. The van der Waals surface area contributed by atoms with Crippen molar-refractivity contribution in [1.29, 1.82) is 0 Å². The number of nitrogens with zero attached hydrogens (tertiary/aromatic N) is 1. The van der Waals surface area contributed by atoms with Crippen molar-refractivity contribution >= 4 is 17.7 Å². The topological polar surface area (TPSA) is 88.1 Å². The smallest absolute Gasteiger partial charge is 0.321 e. The molecule has 2 amide bonds. The van der Waals surface area contributed by atoms with E-state index in [2.05, 4.69) is 5.32 Å². The maximum Gasteiger partial charge on any atom is 0.321 e. The molecule has 136 valence electrons. The molecule has 2 atom stereocenters. The Morgan fingerprint density at radius 1 is 1.40 bits per heavy atom. The van der Waals surface area contributed by atoms with Gasteiger partial charge < -0.3 is 24.8 Å². The van der Waals surface area contributed by atoms with Gasteiger partial charge in [0.05, 0.1) is 19.1 Å². The molecule has 1 heterocycles. The Hall–Kier alpha value is -2.44. The van der Waals surface area contributed by atoms with E-state index in [0.717, 1.165) is 12.8 Å². The Labute approximate surface area is 146 Å². The normalized spacial score (nSPS) is 24.7. The van der Waals surface area contributed by atoms with Crippen LogP contribution in [0.5, 0.6) is 11.5 Å². The molecule has 0 radical (unpaired) electrons. The number of fused-ring (bicyclic) bond motifs is 1. The molecule has 25 heavy (non-hydrogen) atoms. The van der Waals surface area contributed by atoms with E-state index in [1.807, 2.05) is 6.92 Å². The van der Waals surface area contributed by atoms with E-state index in [0.29, 0.717) is 36.8 Å². The lowest BCUT2D eigenvalue weighted by atomic mass is 9.81. The molecule has 2 aliphatic rings. The van der Waals surface area contributed by atoms with Crippen molar-refractivity contribution in [2.75, 3.05) is 32.1 Å². The van der Waals surface area contributed by atoms with Gasteiger partial charge >= 0.3 is 12.0 Å². The van der Waals surface area contributed by atoms with Gasteiger partial charge in [-0.1, -0.05) is 6.42 Å². The van der Waals surface area contributed by atoms with E-state index in [4.69, 9.17) is 9.47 Å². The fourth-order valence-corrected chi connectivity index (χ4v) is 4.02. The highest BCUT2D eigenvalue weighted by Crippen LogP contribution is 2.49. The second kappa shape index (κ2) is 6.82. The molecule has 0 bridgehead atoms. The fourth-order valence-electron chi connectivity index (χ4n) is 4.02. The number of benzene rings is 1. The van der Waals surface area contributed by atoms with Crippen LogP contribution in [0.2, 0.25) is 0 Å². The first-order chi connectivity index (χ1) is 12.0. The Morgan fingerprint density at radius 3 is 2.84 bits per heavy atom. The van der Waals surface area contributed by atoms with Crippen molar-refractivity contribution in [3.63, 3.8) is 0 Å². The molecular formula is C18H24N2O5. The molecule has 1 aliphatic carbocycles. The first-order valence-electron chi connectivity index (χ1n) is 8.60. The van der Waals surface area contributed by atoms with Gasteiger partial charge in [-0.05, 0) is 37.8 Å². The highest BCUT2D eigenvalue weighted by atomic mass is 16.5. The van der Waals surface area contributed by atoms with Gasteiger partial charge in [0.2, 0.25) is 0 Å². The first kappa shape index (κ1) is 17.4. The molecule has 1 saturated carbocycles. The SMILES string of the molecule is CCOc1cc(NC(=O)N2C[C@@H]3CCC[C@@]3(C(=O)O)C2)ccc1OC. The number of carboxylic acid groups (broad SMARTS) is 1. The molecule has 7 heteroatoms. The standard InChI is InChI=1S/C18H24N2O5/c1-3-25-15-9-13(6-7-14(15)24-2)19-17(23)20-10-12-5-4-8-18(12,11-20)16(21)22/h6-7,9,12H,3-5,8,10-11H2,1-2H3,(H,19,23)(H,21,22)/t12-,18+/m0/s1. The molecule has 1 saturated heterocycles. The van der Waals surface area contributed by atoms with Gasteiger partial charge in [0, 0.05) is 24.8 Å². The van der Waals surface area contributed by atoms with Crippen LogP contribution < -0.4 is 14.8 Å². The third-order valence-corrected chi connectivity index (χ3v) is 5.30. The van der Waals surface area contributed by atoms with Crippen LogP contribution in [0.25, 0.3) is 0 Å². The number of anilines is 1. The monoisotopic (exact) mass is 348 g/mol. The zero-order valence-corrected chi connectivity index (χ0v) is 14.6. The van der Waals surface area contributed by atoms with E-state index in [9.17, 15) is 14.7 Å². The molecule has 1 aromatic rings. The Balaban J connectivity index is 1.71. The minimum Gasteiger partial charge on any atom is -0.493 e. The zero-order valence-electron chi connectivity index (χ0n) is 14.6. The lowest BCUT2D eigenvalue weighted by molar-refractivity contribution is -0.149. The number of aliphatic carboxylic acids is 1. The quantitative estimate of drug-likeness (QED) is 0.854. The summed E-state index contributed by atoms with van der Waals surface area (Å²) in [7, 11) is 1.56. The van der Waals surface area contributed by atoms with Gasteiger partial charge in [-0.25, -0.2) is 4.79 Å². The minimum atomic E-state index is -0.784. The van der Waals surface area contributed by atoms with Gasteiger partial charge in [0.15, 0.2) is 11.5 Å². The third-order valence-electron chi connectivity index (χ3n) is 5.30. The number of urea groups is 1. The highest BCUT2D eigenvalue weighted by Gasteiger charge is 2.55. The highest BCUT2D eigenvalue weighted by molar-refractivity contribution is 5.91. The summed E-state index contributed by atoms with van der Waals surface area (Å²) in [6.45, 7) is 3.13.